The monoisotopic (exact) mass is 444 g/mol. The maximum Gasteiger partial charge on any atom is 0.189 e. The van der Waals surface area contributed by atoms with Gasteiger partial charge in [-0.15, -0.1) is 24.0 Å². The molecule has 1 fully saturated rings. The molecule has 0 bridgehead atoms. The van der Waals surface area contributed by atoms with Crippen LogP contribution >= 0.6 is 47.2 Å². The Morgan fingerprint density at radius 3 is 2.48 bits per heavy atom. The first kappa shape index (κ1) is 18.9. The standard InChI is InChI=1S/C14H22Cl2N4.HI/c1-20-11(8-12(15)13(20)16)9-18-14(17)19-10-6-4-2-3-5-7-10;/h8,10H,2-7,9H2,1H3,(H3,17,18,19);1H. The minimum absolute atomic E-state index is 0. The van der Waals surface area contributed by atoms with Crippen molar-refractivity contribution in [2.24, 2.45) is 17.8 Å². The number of rotatable bonds is 3. The lowest BCUT2D eigenvalue weighted by atomic mass is 10.1. The van der Waals surface area contributed by atoms with Gasteiger partial charge in [0.15, 0.2) is 5.96 Å². The summed E-state index contributed by atoms with van der Waals surface area (Å²) >= 11 is 12.0. The normalized spacial score (nSPS) is 17.2. The van der Waals surface area contributed by atoms with Gasteiger partial charge in [-0.3, -0.25) is 0 Å². The topological polar surface area (TPSA) is 55.3 Å². The fraction of sp³-hybridized carbons (Fsp3) is 0.643. The van der Waals surface area contributed by atoms with Crippen LogP contribution in [0.3, 0.4) is 0 Å². The second-order valence-corrected chi connectivity index (χ2v) is 6.13. The van der Waals surface area contributed by atoms with E-state index in [0.717, 1.165) is 5.69 Å². The van der Waals surface area contributed by atoms with E-state index in [9.17, 15) is 0 Å². The highest BCUT2D eigenvalue weighted by Gasteiger charge is 2.13. The number of aliphatic imine (C=N–C) groups is 1. The second-order valence-electron chi connectivity index (χ2n) is 5.37. The van der Waals surface area contributed by atoms with E-state index in [-0.39, 0.29) is 24.0 Å². The maximum atomic E-state index is 6.02. The number of halogens is 3. The van der Waals surface area contributed by atoms with Crippen molar-refractivity contribution >= 4 is 53.1 Å². The third-order valence-electron chi connectivity index (χ3n) is 3.83. The average molecular weight is 445 g/mol. The molecule has 1 aromatic rings. The smallest absolute Gasteiger partial charge is 0.189 e. The molecule has 0 spiro atoms. The molecule has 0 aliphatic heterocycles. The summed E-state index contributed by atoms with van der Waals surface area (Å²) in [6.07, 6.45) is 7.56. The molecule has 0 aromatic carbocycles. The number of aromatic nitrogens is 1. The van der Waals surface area contributed by atoms with E-state index in [1.165, 1.54) is 38.5 Å². The SMILES string of the molecule is Cn1c(CN=C(N)NC2CCCCCC2)cc(Cl)c1Cl.I. The molecule has 1 aliphatic carbocycles. The molecule has 4 nitrogen and oxygen atoms in total. The summed E-state index contributed by atoms with van der Waals surface area (Å²) in [7, 11) is 1.87. The van der Waals surface area contributed by atoms with Gasteiger partial charge in [0, 0.05) is 18.8 Å². The van der Waals surface area contributed by atoms with Gasteiger partial charge in [-0.25, -0.2) is 4.99 Å². The lowest BCUT2D eigenvalue weighted by molar-refractivity contribution is 0.530. The molecule has 1 heterocycles. The largest absolute Gasteiger partial charge is 0.370 e. The summed E-state index contributed by atoms with van der Waals surface area (Å²) in [5.74, 6) is 0.505. The van der Waals surface area contributed by atoms with Crippen LogP contribution in [0, 0.1) is 0 Å². The van der Waals surface area contributed by atoms with Gasteiger partial charge in [0.05, 0.1) is 11.6 Å². The van der Waals surface area contributed by atoms with E-state index in [2.05, 4.69) is 10.3 Å². The highest BCUT2D eigenvalue weighted by Crippen LogP contribution is 2.25. The van der Waals surface area contributed by atoms with Crippen molar-refractivity contribution in [1.82, 2.24) is 9.88 Å². The summed E-state index contributed by atoms with van der Waals surface area (Å²) in [5, 5.41) is 4.41. The van der Waals surface area contributed by atoms with E-state index in [0.29, 0.717) is 28.7 Å². The molecular formula is C14H23Cl2IN4. The van der Waals surface area contributed by atoms with Gasteiger partial charge in [-0.2, -0.15) is 0 Å². The van der Waals surface area contributed by atoms with Crippen LogP contribution in [0.15, 0.2) is 11.1 Å². The Hall–Kier alpha value is -0.140. The molecule has 0 atom stereocenters. The first-order valence-electron chi connectivity index (χ1n) is 7.14. The number of hydrogen-bond donors (Lipinski definition) is 2. The van der Waals surface area contributed by atoms with Crippen LogP contribution in [-0.4, -0.2) is 16.6 Å². The molecule has 0 unspecified atom stereocenters. The van der Waals surface area contributed by atoms with Gasteiger partial charge in [0.2, 0.25) is 0 Å². The zero-order valence-corrected chi connectivity index (χ0v) is 16.1. The fourth-order valence-corrected chi connectivity index (χ4v) is 3.00. The summed E-state index contributed by atoms with van der Waals surface area (Å²) in [6, 6.07) is 2.29. The van der Waals surface area contributed by atoms with Crippen molar-refractivity contribution in [3.63, 3.8) is 0 Å². The van der Waals surface area contributed by atoms with Gasteiger partial charge >= 0.3 is 0 Å². The molecule has 1 aromatic heterocycles. The van der Waals surface area contributed by atoms with E-state index < -0.39 is 0 Å². The highest BCUT2D eigenvalue weighted by molar-refractivity contribution is 14.0. The fourth-order valence-electron chi connectivity index (χ4n) is 2.59. The summed E-state index contributed by atoms with van der Waals surface area (Å²) in [4.78, 5) is 4.38. The number of hydrogen-bond acceptors (Lipinski definition) is 1. The van der Waals surface area contributed by atoms with E-state index in [4.69, 9.17) is 28.9 Å². The van der Waals surface area contributed by atoms with Crippen LogP contribution in [0.25, 0.3) is 0 Å². The van der Waals surface area contributed by atoms with Crippen molar-refractivity contribution in [3.8, 4) is 0 Å². The third kappa shape index (κ3) is 5.53. The summed E-state index contributed by atoms with van der Waals surface area (Å²) < 4.78 is 1.83. The number of nitrogens with two attached hydrogens (primary N) is 1. The molecule has 2 rings (SSSR count). The van der Waals surface area contributed by atoms with Crippen LogP contribution in [0.1, 0.15) is 44.2 Å². The van der Waals surface area contributed by atoms with Gasteiger partial charge in [0.25, 0.3) is 0 Å². The Labute approximate surface area is 153 Å². The van der Waals surface area contributed by atoms with Crippen molar-refractivity contribution < 1.29 is 0 Å². The number of nitrogens with one attached hydrogen (secondary N) is 1. The molecule has 120 valence electrons. The molecule has 0 amide bonds. The zero-order chi connectivity index (χ0) is 14.5. The van der Waals surface area contributed by atoms with Crippen molar-refractivity contribution in [1.29, 1.82) is 0 Å². The van der Waals surface area contributed by atoms with Crippen LogP contribution < -0.4 is 11.1 Å². The Morgan fingerprint density at radius 1 is 1.33 bits per heavy atom. The average Bonchev–Trinajstić information content (AvgIpc) is 2.65. The molecule has 1 saturated carbocycles. The van der Waals surface area contributed by atoms with Crippen LogP contribution in [0.5, 0.6) is 0 Å². The minimum Gasteiger partial charge on any atom is -0.370 e. The molecule has 7 heteroatoms. The predicted molar refractivity (Wildman–Crippen MR) is 101 cm³/mol. The molecule has 21 heavy (non-hydrogen) atoms. The summed E-state index contributed by atoms with van der Waals surface area (Å²) in [5.41, 5.74) is 6.91. The highest BCUT2D eigenvalue weighted by atomic mass is 127. The first-order chi connectivity index (χ1) is 9.58. The Kier molecular flexibility index (Phi) is 8.19. The van der Waals surface area contributed by atoms with Crippen molar-refractivity contribution in [3.05, 3.63) is 21.9 Å². The maximum absolute atomic E-state index is 6.02. The number of nitrogens with zero attached hydrogens (tertiary/aromatic N) is 2. The van der Waals surface area contributed by atoms with E-state index >= 15 is 0 Å². The lowest BCUT2D eigenvalue weighted by Crippen LogP contribution is -2.39. The second kappa shape index (κ2) is 9.10. The van der Waals surface area contributed by atoms with Crippen LogP contribution in [-0.2, 0) is 13.6 Å². The molecule has 1 aliphatic rings. The van der Waals surface area contributed by atoms with Gasteiger partial charge in [-0.1, -0.05) is 48.9 Å². The van der Waals surface area contributed by atoms with E-state index in [1.807, 2.05) is 17.7 Å². The van der Waals surface area contributed by atoms with Crippen molar-refractivity contribution in [2.45, 2.75) is 51.1 Å². The van der Waals surface area contributed by atoms with Crippen molar-refractivity contribution in [2.75, 3.05) is 0 Å². The Bertz CT molecular complexity index is 480. The van der Waals surface area contributed by atoms with Crippen LogP contribution in [0.4, 0.5) is 0 Å². The van der Waals surface area contributed by atoms with Gasteiger partial charge in [0.1, 0.15) is 5.15 Å². The van der Waals surface area contributed by atoms with Crippen LogP contribution in [0.2, 0.25) is 10.2 Å². The first-order valence-corrected chi connectivity index (χ1v) is 7.89. The van der Waals surface area contributed by atoms with Gasteiger partial charge in [-0.05, 0) is 18.9 Å². The molecular weight excluding hydrogens is 422 g/mol. The Balaban J connectivity index is 0.00000220. The number of guanidine groups is 1. The lowest BCUT2D eigenvalue weighted by Gasteiger charge is -2.16. The zero-order valence-electron chi connectivity index (χ0n) is 12.2. The predicted octanol–water partition coefficient (Wildman–Crippen LogP) is 4.08. The third-order valence-corrected chi connectivity index (χ3v) is 4.68. The quantitative estimate of drug-likeness (QED) is 0.319. The van der Waals surface area contributed by atoms with E-state index in [1.54, 1.807) is 0 Å². The molecule has 0 saturated heterocycles. The molecule has 0 radical (unpaired) electrons. The Morgan fingerprint density at radius 2 is 1.95 bits per heavy atom. The minimum atomic E-state index is 0. The molecule has 3 N–H and O–H groups in total. The summed E-state index contributed by atoms with van der Waals surface area (Å²) in [6.45, 7) is 0.481. The van der Waals surface area contributed by atoms with Gasteiger partial charge < -0.3 is 15.6 Å².